The number of aromatic amines is 1. The number of hydrogen-bond acceptors (Lipinski definition) is 10. The van der Waals surface area contributed by atoms with E-state index in [2.05, 4.69) is 10.3 Å². The van der Waals surface area contributed by atoms with Gasteiger partial charge in [0.1, 0.15) is 24.4 Å². The predicted octanol–water partition coefficient (Wildman–Crippen LogP) is 2.00. The van der Waals surface area contributed by atoms with E-state index in [9.17, 15) is 24.9 Å². The zero-order valence-corrected chi connectivity index (χ0v) is 26.0. The number of hydrogen-bond donors (Lipinski definition) is 5. The van der Waals surface area contributed by atoms with Crippen molar-refractivity contribution in [1.82, 2.24) is 19.8 Å². The summed E-state index contributed by atoms with van der Waals surface area (Å²) in [5, 5.41) is 39.2. The van der Waals surface area contributed by atoms with Gasteiger partial charge < -0.3 is 49.1 Å². The monoisotopic (exact) mass is 644 g/mol. The molecule has 2 saturated heterocycles. The van der Waals surface area contributed by atoms with Crippen LogP contribution in [-0.4, -0.2) is 119 Å². The summed E-state index contributed by atoms with van der Waals surface area (Å²) >= 11 is 0. The molecule has 3 aliphatic heterocycles. The average molecular weight is 645 g/mol. The third kappa shape index (κ3) is 4.39. The lowest BCUT2D eigenvalue weighted by atomic mass is 9.96. The summed E-state index contributed by atoms with van der Waals surface area (Å²) in [5.74, 6) is -0.810. The van der Waals surface area contributed by atoms with Crippen LogP contribution in [0.4, 0.5) is 0 Å². The third-order valence-electron chi connectivity index (χ3n) is 10.0. The molecule has 8 rings (SSSR count). The molecule has 5 aromatic rings. The van der Waals surface area contributed by atoms with Crippen LogP contribution in [0.1, 0.15) is 33.4 Å². The summed E-state index contributed by atoms with van der Waals surface area (Å²) in [7, 11) is 4.65. The van der Waals surface area contributed by atoms with Gasteiger partial charge in [0.15, 0.2) is 12.5 Å². The number of para-hydroxylation sites is 2. The standard InChI is InChI=1S/C34H36N4O9/c1-35-18-13-45-22(12-20(18)39)46-14-21-31(44-3)29(40)30(41)34(47-21)38-19-11-7-5-9-16(19)24-26-25(32(42)37(2)33(26)43)23-15-8-4-6-10-17(15)36-27(23)28(24)38/h4-11,18,20-22,29-31,34-36,39-41H,12-14H2,1-3H3/t18-,20-,21+,22-,29+,30+,31+,34?/m0/s1. The molecular weight excluding hydrogens is 608 g/mol. The molecule has 2 fully saturated rings. The van der Waals surface area contributed by atoms with Crippen molar-refractivity contribution >= 4 is 55.4 Å². The van der Waals surface area contributed by atoms with Gasteiger partial charge in [0.2, 0.25) is 0 Å². The first-order valence-corrected chi connectivity index (χ1v) is 15.7. The largest absolute Gasteiger partial charge is 0.391 e. The molecule has 2 aromatic heterocycles. The maximum absolute atomic E-state index is 13.8. The number of nitrogens with one attached hydrogen (secondary N) is 2. The number of aromatic nitrogens is 2. The topological polar surface area (TPSA) is 168 Å². The smallest absolute Gasteiger partial charge is 0.262 e. The van der Waals surface area contributed by atoms with E-state index in [1.54, 1.807) is 11.6 Å². The number of aliphatic hydroxyl groups is 3. The Bertz CT molecular complexity index is 2060. The molecule has 5 heterocycles. The number of benzene rings is 3. The summed E-state index contributed by atoms with van der Waals surface area (Å²) in [5.41, 5.74) is 3.17. The lowest BCUT2D eigenvalue weighted by Gasteiger charge is -2.43. The summed E-state index contributed by atoms with van der Waals surface area (Å²) < 4.78 is 25.8. The maximum Gasteiger partial charge on any atom is 0.262 e. The first-order chi connectivity index (χ1) is 22.7. The van der Waals surface area contributed by atoms with Crippen LogP contribution in [0.5, 0.6) is 0 Å². The van der Waals surface area contributed by atoms with E-state index in [4.69, 9.17) is 18.9 Å². The van der Waals surface area contributed by atoms with Crippen molar-refractivity contribution in [3.63, 3.8) is 0 Å². The Balaban J connectivity index is 1.31. The summed E-state index contributed by atoms with van der Waals surface area (Å²) in [4.78, 5) is 32.1. The number of imide groups is 1. The van der Waals surface area contributed by atoms with Crippen molar-refractivity contribution in [1.29, 1.82) is 0 Å². The lowest BCUT2D eigenvalue weighted by molar-refractivity contribution is -0.275. The molecule has 0 saturated carbocycles. The van der Waals surface area contributed by atoms with Gasteiger partial charge >= 0.3 is 0 Å². The normalized spacial score (nSPS) is 30.0. The Kier molecular flexibility index (Phi) is 7.35. The number of amides is 2. The van der Waals surface area contributed by atoms with E-state index in [-0.39, 0.29) is 37.1 Å². The number of H-pyrrole nitrogens is 1. The Labute approximate surface area is 268 Å². The highest BCUT2D eigenvalue weighted by molar-refractivity contribution is 6.39. The van der Waals surface area contributed by atoms with Gasteiger partial charge in [-0.3, -0.25) is 14.5 Å². The number of carbonyl (C=O) groups is 2. The first-order valence-electron chi connectivity index (χ1n) is 15.7. The van der Waals surface area contributed by atoms with Crippen molar-refractivity contribution < 1.29 is 43.9 Å². The molecule has 47 heavy (non-hydrogen) atoms. The van der Waals surface area contributed by atoms with Crippen molar-refractivity contribution in [2.75, 3.05) is 34.4 Å². The van der Waals surface area contributed by atoms with Crippen LogP contribution < -0.4 is 5.32 Å². The fraction of sp³-hybridized carbons (Fsp3) is 0.412. The zero-order chi connectivity index (χ0) is 32.7. The van der Waals surface area contributed by atoms with E-state index >= 15 is 0 Å². The number of likely N-dealkylation sites (N-methyl/N-ethyl adjacent to an activating group) is 1. The van der Waals surface area contributed by atoms with E-state index in [1.165, 1.54) is 14.2 Å². The van der Waals surface area contributed by atoms with Crippen molar-refractivity contribution in [2.45, 2.75) is 55.5 Å². The van der Waals surface area contributed by atoms with Crippen LogP contribution in [-0.2, 0) is 18.9 Å². The highest BCUT2D eigenvalue weighted by atomic mass is 16.7. The van der Waals surface area contributed by atoms with Gasteiger partial charge in [-0.15, -0.1) is 0 Å². The van der Waals surface area contributed by atoms with Crippen LogP contribution >= 0.6 is 0 Å². The number of fused-ring (bicyclic) bond motifs is 10. The second-order valence-corrected chi connectivity index (χ2v) is 12.5. The second-order valence-electron chi connectivity index (χ2n) is 12.5. The summed E-state index contributed by atoms with van der Waals surface area (Å²) in [6.07, 6.45) is -6.93. The van der Waals surface area contributed by atoms with Crippen LogP contribution in [0.15, 0.2) is 48.5 Å². The maximum atomic E-state index is 13.8. The predicted molar refractivity (Wildman–Crippen MR) is 171 cm³/mol. The van der Waals surface area contributed by atoms with Gasteiger partial charge in [-0.05, 0) is 19.2 Å². The minimum atomic E-state index is -1.45. The minimum Gasteiger partial charge on any atom is -0.391 e. The zero-order valence-electron chi connectivity index (χ0n) is 26.0. The SMILES string of the molecule is CN[C@H]1CO[C@@H](OC[C@H]2OC(n3c4ccccc4c4c5c(c6c7ccccc7[nH]c6c43)C(=O)N(C)C5=O)[C@H](O)[C@@H](O)[C@@H]2OC)C[C@@H]1O. The fourth-order valence-corrected chi connectivity index (χ4v) is 7.62. The molecule has 0 spiro atoms. The number of carbonyl (C=O) groups excluding carboxylic acids is 2. The van der Waals surface area contributed by atoms with Gasteiger partial charge in [0.25, 0.3) is 11.8 Å². The van der Waals surface area contributed by atoms with Gasteiger partial charge in [0.05, 0.1) is 53.0 Å². The molecule has 246 valence electrons. The van der Waals surface area contributed by atoms with Gasteiger partial charge in [-0.1, -0.05) is 36.4 Å². The van der Waals surface area contributed by atoms with E-state index < -0.39 is 48.9 Å². The Hall–Kier alpha value is -3.92. The highest BCUT2D eigenvalue weighted by Crippen LogP contribution is 2.47. The van der Waals surface area contributed by atoms with E-state index in [0.717, 1.165) is 15.8 Å². The molecule has 3 aromatic carbocycles. The van der Waals surface area contributed by atoms with Crippen molar-refractivity contribution in [3.8, 4) is 0 Å². The summed E-state index contributed by atoms with van der Waals surface area (Å²) in [6, 6.07) is 14.8. The Morgan fingerprint density at radius 2 is 1.68 bits per heavy atom. The number of aliphatic hydroxyl groups excluding tert-OH is 3. The number of nitrogens with zero attached hydrogens (tertiary/aromatic N) is 2. The van der Waals surface area contributed by atoms with Crippen LogP contribution in [0.2, 0.25) is 0 Å². The van der Waals surface area contributed by atoms with E-state index in [0.29, 0.717) is 38.3 Å². The Morgan fingerprint density at radius 3 is 2.40 bits per heavy atom. The highest BCUT2D eigenvalue weighted by Gasteiger charge is 2.48. The quantitative estimate of drug-likeness (QED) is 0.173. The van der Waals surface area contributed by atoms with Crippen molar-refractivity contribution in [2.24, 2.45) is 0 Å². The van der Waals surface area contributed by atoms with Gasteiger partial charge in [-0.2, -0.15) is 0 Å². The minimum absolute atomic E-state index is 0.0630. The molecule has 8 atom stereocenters. The van der Waals surface area contributed by atoms with Crippen LogP contribution in [0, 0.1) is 0 Å². The third-order valence-corrected chi connectivity index (χ3v) is 10.0. The summed E-state index contributed by atoms with van der Waals surface area (Å²) in [6.45, 7) is 0.195. The molecule has 2 amide bonds. The van der Waals surface area contributed by atoms with Crippen molar-refractivity contribution in [3.05, 3.63) is 59.7 Å². The first kappa shape index (κ1) is 30.4. The molecule has 3 aliphatic rings. The molecule has 0 bridgehead atoms. The Morgan fingerprint density at radius 1 is 0.979 bits per heavy atom. The molecule has 13 nitrogen and oxygen atoms in total. The van der Waals surface area contributed by atoms with Crippen LogP contribution in [0.25, 0.3) is 43.6 Å². The second kappa shape index (κ2) is 11.4. The molecule has 5 N–H and O–H groups in total. The molecule has 1 unspecified atom stereocenters. The van der Waals surface area contributed by atoms with Crippen LogP contribution in [0.3, 0.4) is 0 Å². The lowest BCUT2D eigenvalue weighted by Crippen LogP contribution is -2.58. The van der Waals surface area contributed by atoms with Gasteiger partial charge in [-0.25, -0.2) is 0 Å². The number of ether oxygens (including phenoxy) is 4. The van der Waals surface area contributed by atoms with Gasteiger partial charge in [0, 0.05) is 47.6 Å². The molecule has 0 aliphatic carbocycles. The van der Waals surface area contributed by atoms with E-state index in [1.807, 2.05) is 48.5 Å². The average Bonchev–Trinajstić information content (AvgIpc) is 3.70. The molecule has 13 heteroatoms. The molecule has 0 radical (unpaired) electrons. The number of methoxy groups -OCH3 is 1. The fourth-order valence-electron chi connectivity index (χ4n) is 7.62. The molecular formula is C34H36N4O9. The number of rotatable bonds is 6.